The first-order valence-electron chi connectivity index (χ1n) is 2.46. The standard InChI is InChI=1S/C7H7N.HI/c1-2-7-4-3-5-8-6-7;/h2-6H,1H2;1H. The number of rotatable bonds is 1. The first-order valence-corrected chi connectivity index (χ1v) is 2.46. The predicted octanol–water partition coefficient (Wildman–Crippen LogP) is 2.34. The molecule has 1 rings (SSSR count). The largest absolute Gasteiger partial charge is 0.264 e. The van der Waals surface area contributed by atoms with E-state index in [0.29, 0.717) is 0 Å². The Labute approximate surface area is 71.8 Å². The zero-order valence-corrected chi connectivity index (χ0v) is 7.28. The van der Waals surface area contributed by atoms with Gasteiger partial charge in [0.1, 0.15) is 0 Å². The second kappa shape index (κ2) is 4.49. The van der Waals surface area contributed by atoms with Gasteiger partial charge >= 0.3 is 0 Å². The van der Waals surface area contributed by atoms with E-state index in [1.54, 1.807) is 18.5 Å². The van der Waals surface area contributed by atoms with Crippen molar-refractivity contribution >= 4 is 30.1 Å². The molecule has 0 aliphatic heterocycles. The lowest BCUT2D eigenvalue weighted by molar-refractivity contribution is 1.32. The van der Waals surface area contributed by atoms with Gasteiger partial charge in [-0.25, -0.2) is 0 Å². The van der Waals surface area contributed by atoms with E-state index in [4.69, 9.17) is 0 Å². The van der Waals surface area contributed by atoms with E-state index in [1.165, 1.54) is 0 Å². The molecule has 0 unspecified atom stereocenters. The molecule has 0 aliphatic carbocycles. The number of hydrogen-bond acceptors (Lipinski definition) is 1. The maximum Gasteiger partial charge on any atom is 0.0340 e. The Morgan fingerprint density at radius 3 is 2.67 bits per heavy atom. The summed E-state index contributed by atoms with van der Waals surface area (Å²) in [5, 5.41) is 0. The van der Waals surface area contributed by atoms with Gasteiger partial charge in [-0.05, 0) is 11.6 Å². The summed E-state index contributed by atoms with van der Waals surface area (Å²) in [6, 6.07) is 3.84. The maximum absolute atomic E-state index is 3.88. The molecular formula is C7H8IN. The van der Waals surface area contributed by atoms with Crippen molar-refractivity contribution in [2.24, 2.45) is 0 Å². The number of aromatic nitrogens is 1. The molecule has 0 bridgehead atoms. The van der Waals surface area contributed by atoms with Crippen LogP contribution in [0.5, 0.6) is 0 Å². The van der Waals surface area contributed by atoms with Crippen LogP contribution in [0.1, 0.15) is 5.56 Å². The van der Waals surface area contributed by atoms with Gasteiger partial charge in [0.25, 0.3) is 0 Å². The monoisotopic (exact) mass is 233 g/mol. The highest BCUT2D eigenvalue weighted by Gasteiger charge is 1.77. The van der Waals surface area contributed by atoms with E-state index in [-0.39, 0.29) is 24.0 Å². The Morgan fingerprint density at radius 2 is 2.33 bits per heavy atom. The molecule has 0 aromatic carbocycles. The zero-order valence-electron chi connectivity index (χ0n) is 4.95. The summed E-state index contributed by atoms with van der Waals surface area (Å²) < 4.78 is 0. The van der Waals surface area contributed by atoms with Crippen molar-refractivity contribution in [3.05, 3.63) is 36.7 Å². The Kier molecular flexibility index (Phi) is 4.30. The summed E-state index contributed by atoms with van der Waals surface area (Å²) >= 11 is 0. The van der Waals surface area contributed by atoms with Crippen LogP contribution < -0.4 is 0 Å². The van der Waals surface area contributed by atoms with Crippen LogP contribution in [0.4, 0.5) is 0 Å². The van der Waals surface area contributed by atoms with Crippen LogP contribution in [0, 0.1) is 0 Å². The highest BCUT2D eigenvalue weighted by molar-refractivity contribution is 14.0. The highest BCUT2D eigenvalue weighted by Crippen LogP contribution is 1.94. The molecule has 1 aromatic rings. The summed E-state index contributed by atoms with van der Waals surface area (Å²) in [4.78, 5) is 3.88. The van der Waals surface area contributed by atoms with Crippen molar-refractivity contribution in [2.75, 3.05) is 0 Å². The quantitative estimate of drug-likeness (QED) is 0.678. The molecule has 0 atom stereocenters. The summed E-state index contributed by atoms with van der Waals surface area (Å²) in [5.41, 5.74) is 1.06. The second-order valence-electron chi connectivity index (χ2n) is 1.49. The van der Waals surface area contributed by atoms with Gasteiger partial charge in [0.05, 0.1) is 0 Å². The average Bonchev–Trinajstić information content (AvgIpc) is 1.90. The molecular weight excluding hydrogens is 225 g/mol. The third-order valence-corrected chi connectivity index (χ3v) is 0.920. The van der Waals surface area contributed by atoms with Crippen LogP contribution in [0.2, 0.25) is 0 Å². The average molecular weight is 233 g/mol. The minimum atomic E-state index is 0. The first-order chi connectivity index (χ1) is 3.93. The van der Waals surface area contributed by atoms with Gasteiger partial charge in [0.15, 0.2) is 0 Å². The van der Waals surface area contributed by atoms with Crippen LogP contribution in [0.3, 0.4) is 0 Å². The lowest BCUT2D eigenvalue weighted by atomic mass is 10.3. The van der Waals surface area contributed by atoms with Crippen molar-refractivity contribution in [3.8, 4) is 0 Å². The normalized spacial score (nSPS) is 7.56. The molecule has 0 radical (unpaired) electrons. The molecule has 0 saturated heterocycles. The lowest BCUT2D eigenvalue weighted by Crippen LogP contribution is -1.70. The lowest BCUT2D eigenvalue weighted by Gasteiger charge is -1.84. The smallest absolute Gasteiger partial charge is 0.0340 e. The van der Waals surface area contributed by atoms with Crippen molar-refractivity contribution < 1.29 is 0 Å². The molecule has 0 saturated carbocycles. The van der Waals surface area contributed by atoms with Crippen LogP contribution in [0.25, 0.3) is 6.08 Å². The van der Waals surface area contributed by atoms with Gasteiger partial charge in [-0.15, -0.1) is 24.0 Å². The van der Waals surface area contributed by atoms with Gasteiger partial charge in [0.2, 0.25) is 0 Å². The van der Waals surface area contributed by atoms with Gasteiger partial charge in [-0.3, -0.25) is 4.98 Å². The highest BCUT2D eigenvalue weighted by atomic mass is 127. The van der Waals surface area contributed by atoms with E-state index in [2.05, 4.69) is 11.6 Å². The van der Waals surface area contributed by atoms with Crippen molar-refractivity contribution in [3.63, 3.8) is 0 Å². The minimum Gasteiger partial charge on any atom is -0.264 e. The van der Waals surface area contributed by atoms with Gasteiger partial charge in [-0.2, -0.15) is 0 Å². The van der Waals surface area contributed by atoms with Gasteiger partial charge in [-0.1, -0.05) is 18.7 Å². The predicted molar refractivity (Wildman–Crippen MR) is 49.7 cm³/mol. The summed E-state index contributed by atoms with van der Waals surface area (Å²) in [6.07, 6.45) is 5.28. The first kappa shape index (κ1) is 8.62. The van der Waals surface area contributed by atoms with Crippen LogP contribution in [-0.2, 0) is 0 Å². The van der Waals surface area contributed by atoms with E-state index >= 15 is 0 Å². The minimum absolute atomic E-state index is 0. The SMILES string of the molecule is C=Cc1cccnc1.I. The van der Waals surface area contributed by atoms with Gasteiger partial charge < -0.3 is 0 Å². The molecule has 48 valence electrons. The van der Waals surface area contributed by atoms with Crippen LogP contribution in [0.15, 0.2) is 31.1 Å². The molecule has 1 nitrogen and oxygen atoms in total. The molecule has 0 spiro atoms. The molecule has 1 heterocycles. The van der Waals surface area contributed by atoms with E-state index in [0.717, 1.165) is 5.56 Å². The molecule has 1 aromatic heterocycles. The number of hydrogen-bond donors (Lipinski definition) is 0. The fraction of sp³-hybridized carbons (Fsp3) is 0. The third kappa shape index (κ3) is 2.60. The van der Waals surface area contributed by atoms with E-state index in [9.17, 15) is 0 Å². The zero-order chi connectivity index (χ0) is 5.82. The third-order valence-electron chi connectivity index (χ3n) is 0.920. The van der Waals surface area contributed by atoms with Crippen molar-refractivity contribution in [1.82, 2.24) is 4.98 Å². The maximum atomic E-state index is 3.88. The Morgan fingerprint density at radius 1 is 1.56 bits per heavy atom. The fourth-order valence-electron chi connectivity index (χ4n) is 0.497. The Hall–Kier alpha value is -0.380. The molecule has 0 fully saturated rings. The topological polar surface area (TPSA) is 12.9 Å². The van der Waals surface area contributed by atoms with Crippen molar-refractivity contribution in [1.29, 1.82) is 0 Å². The Balaban J connectivity index is 0.000000640. The Bertz CT molecular complexity index is 172. The summed E-state index contributed by atoms with van der Waals surface area (Å²) in [6.45, 7) is 3.59. The molecule has 0 aliphatic rings. The number of pyridine rings is 1. The van der Waals surface area contributed by atoms with Crippen LogP contribution in [-0.4, -0.2) is 4.98 Å². The number of halogens is 1. The van der Waals surface area contributed by atoms with Gasteiger partial charge in [0, 0.05) is 12.4 Å². The van der Waals surface area contributed by atoms with E-state index in [1.807, 2.05) is 12.1 Å². The number of nitrogens with zero attached hydrogens (tertiary/aromatic N) is 1. The second-order valence-corrected chi connectivity index (χ2v) is 1.49. The fourth-order valence-corrected chi connectivity index (χ4v) is 0.497. The molecule has 0 N–H and O–H groups in total. The molecule has 2 heteroatoms. The summed E-state index contributed by atoms with van der Waals surface area (Å²) in [5.74, 6) is 0. The molecule has 9 heavy (non-hydrogen) atoms. The summed E-state index contributed by atoms with van der Waals surface area (Å²) in [7, 11) is 0. The van der Waals surface area contributed by atoms with Crippen molar-refractivity contribution in [2.45, 2.75) is 0 Å². The van der Waals surface area contributed by atoms with Crippen LogP contribution >= 0.6 is 24.0 Å². The van der Waals surface area contributed by atoms with E-state index < -0.39 is 0 Å². The molecule has 0 amide bonds.